The predicted molar refractivity (Wildman–Crippen MR) is 179 cm³/mol. The van der Waals surface area contributed by atoms with E-state index in [1.54, 1.807) is 0 Å². The molecule has 1 aliphatic carbocycles. The van der Waals surface area contributed by atoms with Crippen LogP contribution >= 0.6 is 11.6 Å². The molecule has 262 valence electrons. The van der Waals surface area contributed by atoms with Gasteiger partial charge in [-0.3, -0.25) is 4.79 Å². The number of carboxylic acid groups (broad SMARTS) is 1. The fourth-order valence-corrected chi connectivity index (χ4v) is 6.21. The van der Waals surface area contributed by atoms with Gasteiger partial charge < -0.3 is 36.2 Å². The van der Waals surface area contributed by atoms with Crippen LogP contribution < -0.4 is 21.1 Å². The van der Waals surface area contributed by atoms with E-state index in [9.17, 15) is 33.0 Å². The van der Waals surface area contributed by atoms with E-state index in [2.05, 4.69) is 16.7 Å². The van der Waals surface area contributed by atoms with E-state index >= 15 is 0 Å². The number of fused-ring (bicyclic) bond motifs is 2. The number of carboxylic acids is 1. The first-order valence-corrected chi connectivity index (χ1v) is 16.6. The van der Waals surface area contributed by atoms with Crippen molar-refractivity contribution in [1.82, 2.24) is 15.5 Å². The highest BCUT2D eigenvalue weighted by Gasteiger charge is 2.40. The molecule has 13 heteroatoms. The molecule has 3 aliphatic rings. The molecule has 2 bridgehead atoms. The number of nitrogens with two attached hydrogens (primary N) is 1. The zero-order valence-electron chi connectivity index (χ0n) is 26.8. The number of rotatable bonds is 12. The van der Waals surface area contributed by atoms with Crippen molar-refractivity contribution >= 4 is 29.1 Å². The maximum absolute atomic E-state index is 13.7. The van der Waals surface area contributed by atoms with Gasteiger partial charge in [0.05, 0.1) is 24.8 Å². The van der Waals surface area contributed by atoms with Gasteiger partial charge >= 0.3 is 5.97 Å². The van der Waals surface area contributed by atoms with Crippen molar-refractivity contribution in [1.29, 1.82) is 0 Å². The van der Waals surface area contributed by atoms with Crippen molar-refractivity contribution in [2.75, 3.05) is 26.3 Å². The lowest BCUT2D eigenvalue weighted by Crippen LogP contribution is -2.63. The Hall–Kier alpha value is -3.94. The lowest BCUT2D eigenvalue weighted by molar-refractivity contribution is -0.137. The van der Waals surface area contributed by atoms with Gasteiger partial charge in [-0.15, -0.1) is 0 Å². The molecule has 3 atom stereocenters. The number of hydrogen-bond acceptors (Lipinski definition) is 7. The summed E-state index contributed by atoms with van der Waals surface area (Å²) in [4.78, 5) is 26.1. The van der Waals surface area contributed by atoms with Gasteiger partial charge in [-0.05, 0) is 72.6 Å². The van der Waals surface area contributed by atoms with Gasteiger partial charge in [0, 0.05) is 36.7 Å². The molecule has 1 amide bonds. The second kappa shape index (κ2) is 16.6. The summed E-state index contributed by atoms with van der Waals surface area (Å²) >= 11 is 5.99. The number of aliphatic hydroxyl groups excluding tert-OH is 1. The molecule has 0 unspecified atom stereocenters. The lowest BCUT2D eigenvalue weighted by Gasteiger charge is -2.44. The van der Waals surface area contributed by atoms with Crippen molar-refractivity contribution in [2.24, 2.45) is 5.73 Å². The quantitative estimate of drug-likeness (QED) is 0.138. The summed E-state index contributed by atoms with van der Waals surface area (Å²) in [5.74, 6) is -5.74. The molecule has 3 aromatic rings. The summed E-state index contributed by atoms with van der Waals surface area (Å²) < 4.78 is 45.7. The molecular weight excluding hydrogens is 661 g/mol. The molecule has 2 aliphatic heterocycles. The normalized spacial score (nSPS) is 19.2. The van der Waals surface area contributed by atoms with Gasteiger partial charge in [0.15, 0.2) is 17.4 Å². The fraction of sp³-hybridized carbons (Fsp3) is 0.389. The van der Waals surface area contributed by atoms with Crippen LogP contribution in [0.5, 0.6) is 5.75 Å². The number of piperazine rings is 1. The van der Waals surface area contributed by atoms with Gasteiger partial charge in [-0.2, -0.15) is 4.39 Å². The average Bonchev–Trinajstić information content (AvgIpc) is 3.93. The van der Waals surface area contributed by atoms with Crippen molar-refractivity contribution in [3.8, 4) is 5.75 Å². The highest BCUT2D eigenvalue weighted by atomic mass is 35.5. The molecule has 2 fully saturated rings. The zero-order chi connectivity index (χ0) is 35.1. The number of aryl methyl sites for hydroxylation is 1. The second-order valence-corrected chi connectivity index (χ2v) is 12.8. The number of nitrogens with zero attached hydrogens (tertiary/aromatic N) is 1. The summed E-state index contributed by atoms with van der Waals surface area (Å²) in [6.45, 7) is 0.896. The number of ether oxygens (including phenoxy) is 1. The van der Waals surface area contributed by atoms with Crippen LogP contribution in [0.1, 0.15) is 42.4 Å². The number of aliphatic hydroxyl groups is 1. The van der Waals surface area contributed by atoms with E-state index in [0.717, 1.165) is 34.8 Å². The first kappa shape index (κ1) is 36.3. The maximum atomic E-state index is 13.7. The number of benzene rings is 3. The van der Waals surface area contributed by atoms with E-state index in [0.29, 0.717) is 37.4 Å². The van der Waals surface area contributed by atoms with Crippen molar-refractivity contribution in [2.45, 2.75) is 62.8 Å². The van der Waals surface area contributed by atoms with Gasteiger partial charge in [0.25, 0.3) is 0 Å². The molecule has 1 saturated carbocycles. The van der Waals surface area contributed by atoms with Crippen LogP contribution in [0, 0.1) is 17.5 Å². The summed E-state index contributed by atoms with van der Waals surface area (Å²) in [7, 11) is 0. The van der Waals surface area contributed by atoms with Crippen LogP contribution in [-0.2, 0) is 22.6 Å². The highest BCUT2D eigenvalue weighted by Crippen LogP contribution is 2.33. The third kappa shape index (κ3) is 9.40. The minimum atomic E-state index is -1.36. The maximum Gasteiger partial charge on any atom is 0.333 e. The zero-order valence-corrected chi connectivity index (χ0v) is 27.6. The first-order valence-electron chi connectivity index (χ1n) is 16.3. The molecular formula is C36H40ClF3N4O5. The molecule has 6 N–H and O–H groups in total. The average molecular weight is 701 g/mol. The summed E-state index contributed by atoms with van der Waals surface area (Å²) in [6.07, 6.45) is 3.99. The van der Waals surface area contributed by atoms with Gasteiger partial charge in [-0.1, -0.05) is 54.1 Å². The third-order valence-corrected chi connectivity index (χ3v) is 9.11. The van der Waals surface area contributed by atoms with E-state index in [1.807, 2.05) is 42.5 Å². The van der Waals surface area contributed by atoms with Gasteiger partial charge in [0.2, 0.25) is 11.7 Å². The molecule has 0 aromatic heterocycles. The third-order valence-electron chi connectivity index (χ3n) is 8.74. The Bertz CT molecular complexity index is 1670. The smallest absolute Gasteiger partial charge is 0.333 e. The van der Waals surface area contributed by atoms with Crippen molar-refractivity contribution in [3.63, 3.8) is 0 Å². The topological polar surface area (TPSA) is 137 Å². The Kier molecular flexibility index (Phi) is 12.3. The van der Waals surface area contributed by atoms with E-state index in [-0.39, 0.29) is 24.8 Å². The summed E-state index contributed by atoms with van der Waals surface area (Å²) in [5, 5.41) is 26.7. The Morgan fingerprint density at radius 2 is 1.76 bits per heavy atom. The molecule has 6 rings (SSSR count). The molecule has 9 nitrogen and oxygen atoms in total. The largest absolute Gasteiger partial charge is 0.488 e. The summed E-state index contributed by atoms with van der Waals surface area (Å²) in [6, 6.07) is 15.8. The molecule has 0 radical (unpaired) electrons. The standard InChI is InChI=1S/C26H28F3N3O5.C10H12ClN/c27-18-7-8-19(28)24(23(18)29)37-9-1-2-14-3-5-15(6-4-14)17-10-16-11-32(25(34)20(30)13-33)12-21(31-16)22(17)26(35)36;11-10-4-2-1-3-8(10)7-12-9-5-6-9/h3-8,16,20-21,31,33H,1-2,9-13,30H2,(H,35,36);1-4,9,12H,5-7H2/t16-,20+,21-;/m1./s1. The number of halogens is 4. The summed E-state index contributed by atoms with van der Waals surface area (Å²) in [5.41, 5.74) is 9.41. The van der Waals surface area contributed by atoms with Crippen molar-refractivity contribution in [3.05, 3.63) is 105 Å². The van der Waals surface area contributed by atoms with E-state index in [1.165, 1.54) is 23.3 Å². The molecule has 1 saturated heterocycles. The number of aliphatic carboxylic acids is 1. The van der Waals surface area contributed by atoms with Crippen LogP contribution in [0.3, 0.4) is 0 Å². The Morgan fingerprint density at radius 1 is 1.04 bits per heavy atom. The Balaban J connectivity index is 0.000000325. The molecule has 2 heterocycles. The van der Waals surface area contributed by atoms with Crippen LogP contribution in [0.4, 0.5) is 13.2 Å². The Morgan fingerprint density at radius 3 is 2.43 bits per heavy atom. The van der Waals surface area contributed by atoms with Crippen LogP contribution in [0.15, 0.2) is 66.2 Å². The Labute approximate surface area is 287 Å². The SMILES string of the molecule is Clc1ccccc1CNC1CC1.N[C@@H](CO)C(=O)N1C[C@H]2CC(c3ccc(CCCOc4c(F)ccc(F)c4F)cc3)=C(C(=O)O)[C@@H](C1)N2. The fourth-order valence-electron chi connectivity index (χ4n) is 6.01. The van der Waals surface area contributed by atoms with Gasteiger partial charge in [0.1, 0.15) is 6.04 Å². The number of carbonyl (C=O) groups is 2. The van der Waals surface area contributed by atoms with Crippen molar-refractivity contribution < 1.29 is 37.7 Å². The second-order valence-electron chi connectivity index (χ2n) is 12.4. The molecule has 3 aromatic carbocycles. The van der Waals surface area contributed by atoms with Crippen LogP contribution in [0.2, 0.25) is 5.02 Å². The number of nitrogens with one attached hydrogen (secondary N) is 2. The monoisotopic (exact) mass is 700 g/mol. The highest BCUT2D eigenvalue weighted by molar-refractivity contribution is 6.31. The van der Waals surface area contributed by atoms with E-state index in [4.69, 9.17) is 22.1 Å². The number of carbonyl (C=O) groups excluding carboxylic acids is 1. The van der Waals surface area contributed by atoms with Crippen LogP contribution in [0.25, 0.3) is 5.57 Å². The van der Waals surface area contributed by atoms with Gasteiger partial charge in [-0.25, -0.2) is 13.6 Å². The van der Waals surface area contributed by atoms with Crippen LogP contribution in [-0.4, -0.2) is 77.5 Å². The molecule has 0 spiro atoms. The minimum absolute atomic E-state index is 0.0163. The minimum Gasteiger partial charge on any atom is -0.488 e. The first-order chi connectivity index (χ1) is 23.5. The predicted octanol–water partition coefficient (Wildman–Crippen LogP) is 4.44. The number of hydrogen-bond donors (Lipinski definition) is 5. The van der Waals surface area contributed by atoms with E-state index < -0.39 is 53.8 Å². The molecule has 49 heavy (non-hydrogen) atoms. The number of amides is 1. The lowest BCUT2D eigenvalue weighted by atomic mass is 9.83.